The maximum absolute atomic E-state index is 9.07. The Kier molecular flexibility index (Phi) is 16.7. The number of hydrogen-bond acceptors (Lipinski definition) is 6. The Morgan fingerprint density at radius 2 is 0.600 bits per heavy atom. The van der Waals surface area contributed by atoms with Gasteiger partial charge in [-0.3, -0.25) is 0 Å². The zero-order valence-electron chi connectivity index (χ0n) is 75.0. The van der Waals surface area contributed by atoms with Crippen LogP contribution in [0.1, 0.15) is 6.85 Å². The highest BCUT2D eigenvalue weighted by Gasteiger charge is 2.23. The van der Waals surface area contributed by atoms with E-state index in [1.807, 2.05) is 70.4 Å². The van der Waals surface area contributed by atoms with Crippen molar-refractivity contribution in [3.05, 3.63) is 461 Å². The van der Waals surface area contributed by atoms with Gasteiger partial charge in [0, 0.05) is 111 Å². The molecule has 4 heterocycles. The lowest BCUT2D eigenvalue weighted by Crippen LogP contribution is -2.10. The van der Waals surface area contributed by atoms with E-state index in [1.165, 1.54) is 159 Å². The smallest absolute Gasteiger partial charge is 0.143 e. The summed E-state index contributed by atoms with van der Waals surface area (Å²) < 4.78 is 57.9. The second-order valence-corrected chi connectivity index (χ2v) is 36.8. The Morgan fingerprint density at radius 3 is 1.28 bits per heavy atom. The average Bonchev–Trinajstić information content (AvgIpc) is 1.63. The summed E-state index contributed by atoms with van der Waals surface area (Å²) in [5, 5.41) is 27.2. The van der Waals surface area contributed by atoms with Gasteiger partial charge in [-0.1, -0.05) is 346 Å². The molecule has 0 saturated carbocycles. The van der Waals surface area contributed by atoms with E-state index in [-0.39, 0.29) is 29.9 Å². The highest BCUT2D eigenvalue weighted by molar-refractivity contribution is 7.28. The molecule has 0 bridgehead atoms. The van der Waals surface area contributed by atoms with Crippen LogP contribution in [0.4, 0.5) is 34.1 Å². The van der Waals surface area contributed by atoms with Gasteiger partial charge in [0.2, 0.25) is 0 Å². The minimum absolute atomic E-state index is 0.0915. The number of thiophene rings is 3. The van der Waals surface area contributed by atoms with Gasteiger partial charge in [-0.25, -0.2) is 0 Å². The van der Waals surface area contributed by atoms with Crippen molar-refractivity contribution < 1.29 is 11.3 Å². The molecule has 23 aromatic carbocycles. The van der Waals surface area contributed by atoms with Crippen molar-refractivity contribution in [3.8, 4) is 66.8 Å². The SMILES string of the molecule is [2H]c1c([2H])c([2H])c(N(c2ccc(-c3ccc(-c4ccc5sc6c7ccccc7ccc6c5c4)cc3)cc2)c2ccc(-c3cc4sc5c6ccccc6ccc5c4c4ccccc34)cc2)c([2H])c1[2H].c1ccc(-c2cccc(N(c3ccc(-c4cccc5c4sc4c6ccccc6ccc54)cc3)c3ccc4c(ccc5cc(-c6ccc7oc8c9ccccc9ccc8c7c6)ccc54)c3)c2)cc1. The van der Waals surface area contributed by atoms with Crippen LogP contribution in [0.2, 0.25) is 0 Å². The predicted molar refractivity (Wildman–Crippen MR) is 563 cm³/mol. The summed E-state index contributed by atoms with van der Waals surface area (Å²) in [4.78, 5) is 4.18. The molecule has 6 heteroatoms. The molecule has 130 heavy (non-hydrogen) atoms. The van der Waals surface area contributed by atoms with Crippen molar-refractivity contribution in [1.29, 1.82) is 0 Å². The molecule has 606 valence electrons. The normalized spacial score (nSPS) is 12.4. The standard InChI is InChI=1S/C64H39NOS.C60H37NS2/c1-2-10-40(11-3-1)44-14-8-15-50(37-44)65(49-28-22-43(23-29-49)56-18-9-19-58-59-33-25-42-13-5-7-17-55(42)64(59)67-63(56)58)51-30-34-53-48(38-51)21-20-47-36-45(26-31-52(47)53)46-27-35-61-60(39-46)57-32-24-41-12-4-6-16-54(41)62(57)66-61;1-2-12-45(13-3-1)61(47-31-24-43(25-32-47)54-37-57-58(51-17-9-8-16-50(51)54)53-34-27-42-11-5-7-15-49(42)60(53)63-57)46-29-22-39(23-30-46)38-18-20-40(21-19-38)44-28-35-56-55(36-44)52-33-26-41-10-4-6-14-48(41)59(52)62-56/h1-39H;1-37H/i;1D,2D,3D,12D,13D. The summed E-state index contributed by atoms with van der Waals surface area (Å²) in [6.07, 6.45) is 0. The molecule has 0 unspecified atom stereocenters. The average molecular weight is 1710 g/mol. The second-order valence-electron chi connectivity index (χ2n) is 33.7. The number of anilines is 6. The van der Waals surface area contributed by atoms with Crippen LogP contribution in [0.5, 0.6) is 0 Å². The Labute approximate surface area is 769 Å². The van der Waals surface area contributed by atoms with E-state index in [0.29, 0.717) is 11.4 Å². The highest BCUT2D eigenvalue weighted by Crippen LogP contribution is 2.50. The molecule has 0 amide bonds. The highest BCUT2D eigenvalue weighted by atomic mass is 32.1. The van der Waals surface area contributed by atoms with Gasteiger partial charge in [-0.2, -0.15) is 0 Å². The molecule has 0 aliphatic carbocycles. The lowest BCUT2D eigenvalue weighted by atomic mass is 9.94. The first kappa shape index (κ1) is 70.1. The van der Waals surface area contributed by atoms with Crippen LogP contribution in [0.3, 0.4) is 0 Å². The summed E-state index contributed by atoms with van der Waals surface area (Å²) in [6.45, 7) is 0. The largest absolute Gasteiger partial charge is 0.455 e. The van der Waals surface area contributed by atoms with Crippen molar-refractivity contribution >= 4 is 226 Å². The van der Waals surface area contributed by atoms with Crippen molar-refractivity contribution in [2.75, 3.05) is 9.80 Å². The van der Waals surface area contributed by atoms with Gasteiger partial charge in [0.05, 0.1) is 6.85 Å². The Balaban J connectivity index is 0.000000140. The summed E-state index contributed by atoms with van der Waals surface area (Å²) in [6, 6.07) is 153. The van der Waals surface area contributed by atoms with E-state index in [4.69, 9.17) is 11.3 Å². The first-order valence-electron chi connectivity index (χ1n) is 46.5. The van der Waals surface area contributed by atoms with Crippen LogP contribution in [0.15, 0.2) is 465 Å². The fourth-order valence-electron chi connectivity index (χ4n) is 20.0. The van der Waals surface area contributed by atoms with Crippen molar-refractivity contribution in [3.63, 3.8) is 0 Å². The lowest BCUT2D eigenvalue weighted by Gasteiger charge is -2.27. The molecule has 0 radical (unpaired) electrons. The third-order valence-electron chi connectivity index (χ3n) is 26.4. The maximum Gasteiger partial charge on any atom is 0.143 e. The monoisotopic (exact) mass is 1710 g/mol. The van der Waals surface area contributed by atoms with Crippen molar-refractivity contribution in [1.82, 2.24) is 0 Å². The van der Waals surface area contributed by atoms with Gasteiger partial charge in [0.25, 0.3) is 0 Å². The van der Waals surface area contributed by atoms with Gasteiger partial charge in [-0.05, 0) is 252 Å². The second kappa shape index (κ2) is 30.9. The van der Waals surface area contributed by atoms with Gasteiger partial charge < -0.3 is 14.2 Å². The van der Waals surface area contributed by atoms with Crippen LogP contribution in [-0.2, 0) is 0 Å². The molecule has 0 aliphatic rings. The van der Waals surface area contributed by atoms with E-state index < -0.39 is 6.04 Å². The van der Waals surface area contributed by atoms with E-state index in [1.54, 1.807) is 4.90 Å². The topological polar surface area (TPSA) is 19.6 Å². The quantitative estimate of drug-likeness (QED) is 0.114. The van der Waals surface area contributed by atoms with Gasteiger partial charge in [0.15, 0.2) is 0 Å². The van der Waals surface area contributed by atoms with Crippen LogP contribution in [-0.4, -0.2) is 0 Å². The molecule has 0 atom stereocenters. The van der Waals surface area contributed by atoms with Crippen LogP contribution in [0, 0.1) is 0 Å². The molecule has 0 saturated heterocycles. The molecular formula is C124H76N2OS3. The van der Waals surface area contributed by atoms with E-state index in [9.17, 15) is 0 Å². The fraction of sp³-hybridized carbons (Fsp3) is 0. The molecule has 3 nitrogen and oxygen atoms in total. The molecule has 0 fully saturated rings. The first-order chi connectivity index (χ1) is 66.5. The molecule has 4 aromatic heterocycles. The zero-order chi connectivity index (χ0) is 89.8. The van der Waals surface area contributed by atoms with E-state index in [0.717, 1.165) is 83.2 Å². The lowest BCUT2D eigenvalue weighted by molar-refractivity contribution is 0.672. The van der Waals surface area contributed by atoms with Crippen LogP contribution >= 0.6 is 34.0 Å². The summed E-state index contributed by atoms with van der Waals surface area (Å²) in [7, 11) is 0. The van der Waals surface area contributed by atoms with Crippen molar-refractivity contribution in [2.24, 2.45) is 0 Å². The zero-order valence-corrected chi connectivity index (χ0v) is 72.5. The first-order valence-corrected chi connectivity index (χ1v) is 46.4. The molecular weight excluding hydrogens is 1630 g/mol. The molecule has 0 aliphatic heterocycles. The summed E-state index contributed by atoms with van der Waals surface area (Å²) >= 11 is 5.58. The number of rotatable bonds is 12. The third-order valence-corrected chi connectivity index (χ3v) is 30.1. The van der Waals surface area contributed by atoms with Crippen LogP contribution in [0.25, 0.3) is 225 Å². The fourth-order valence-corrected chi connectivity index (χ4v) is 23.9. The maximum atomic E-state index is 9.07. The molecule has 0 spiro atoms. The third kappa shape index (κ3) is 12.8. The van der Waals surface area contributed by atoms with Gasteiger partial charge in [-0.15, -0.1) is 34.0 Å². The van der Waals surface area contributed by atoms with E-state index >= 15 is 0 Å². The number of nitrogens with zero attached hydrogens (tertiary/aromatic N) is 2. The van der Waals surface area contributed by atoms with Gasteiger partial charge >= 0.3 is 0 Å². The van der Waals surface area contributed by atoms with E-state index in [2.05, 4.69) is 399 Å². The minimum Gasteiger partial charge on any atom is -0.455 e. The summed E-state index contributed by atoms with van der Waals surface area (Å²) in [5.74, 6) is 0. The van der Waals surface area contributed by atoms with Crippen LogP contribution < -0.4 is 9.80 Å². The van der Waals surface area contributed by atoms with Crippen molar-refractivity contribution in [2.45, 2.75) is 0 Å². The van der Waals surface area contributed by atoms with Gasteiger partial charge in [0.1, 0.15) is 11.2 Å². The molecule has 27 aromatic rings. The Morgan fingerprint density at radius 1 is 0.192 bits per heavy atom. The Hall–Kier alpha value is -16.1. The number of benzene rings is 23. The number of furan rings is 1. The number of fused-ring (bicyclic) bond motifs is 25. The summed E-state index contributed by atoms with van der Waals surface area (Å²) in [5.41, 5.74) is 20.3. The number of para-hydroxylation sites is 1. The predicted octanol–water partition coefficient (Wildman–Crippen LogP) is 37.4. The number of hydrogen-bond donors (Lipinski definition) is 0. The molecule has 27 rings (SSSR count). The minimum atomic E-state index is -0.424. The Bertz CT molecular complexity index is 9550. The molecule has 0 N–H and O–H groups in total.